The van der Waals surface area contributed by atoms with Crippen molar-refractivity contribution in [2.75, 3.05) is 13.7 Å². The molecule has 1 atom stereocenters. The van der Waals surface area contributed by atoms with Gasteiger partial charge in [-0.1, -0.05) is 12.8 Å². The maximum absolute atomic E-state index is 12.1. The third-order valence-electron chi connectivity index (χ3n) is 4.31. The zero-order chi connectivity index (χ0) is 17.5. The summed E-state index contributed by atoms with van der Waals surface area (Å²) >= 11 is 0. The monoisotopic (exact) mass is 368 g/mol. The smallest absolute Gasteiger partial charge is 0.220 e. The standard InChI is InChI=1S/C19H28N2O3.ClH/c1-13-16-12-15(23-3)9-10-17(16)24-19(13)14(2)21-18(22)8-6-4-5-7-11-20;/h9-10,12,14H,4-8,11,20H2,1-3H3,(H,21,22);1H. The highest BCUT2D eigenvalue weighted by molar-refractivity contribution is 5.85. The number of ether oxygens (including phenoxy) is 1. The summed E-state index contributed by atoms with van der Waals surface area (Å²) < 4.78 is 11.2. The third kappa shape index (κ3) is 5.65. The van der Waals surface area contributed by atoms with Gasteiger partial charge in [0.25, 0.3) is 0 Å². The number of furan rings is 1. The molecule has 140 valence electrons. The van der Waals surface area contributed by atoms with Crippen LogP contribution in [0.2, 0.25) is 0 Å². The first-order chi connectivity index (χ1) is 11.6. The van der Waals surface area contributed by atoms with Crippen molar-refractivity contribution in [3.05, 3.63) is 29.5 Å². The summed E-state index contributed by atoms with van der Waals surface area (Å²) in [6, 6.07) is 5.58. The van der Waals surface area contributed by atoms with Crippen molar-refractivity contribution in [1.82, 2.24) is 5.32 Å². The maximum Gasteiger partial charge on any atom is 0.220 e. The summed E-state index contributed by atoms with van der Waals surface area (Å²) in [5, 5.41) is 4.05. The quantitative estimate of drug-likeness (QED) is 0.648. The molecule has 1 aromatic heterocycles. The lowest BCUT2D eigenvalue weighted by atomic mass is 10.1. The number of halogens is 1. The highest BCUT2D eigenvalue weighted by Crippen LogP contribution is 2.31. The first-order valence-electron chi connectivity index (χ1n) is 8.63. The van der Waals surface area contributed by atoms with E-state index in [1.54, 1.807) is 7.11 Å². The van der Waals surface area contributed by atoms with Gasteiger partial charge in [0.2, 0.25) is 5.91 Å². The molecule has 0 saturated carbocycles. The van der Waals surface area contributed by atoms with Crippen LogP contribution >= 0.6 is 12.4 Å². The number of benzene rings is 1. The second-order valence-corrected chi connectivity index (χ2v) is 6.20. The molecule has 6 heteroatoms. The number of unbranched alkanes of at least 4 members (excludes halogenated alkanes) is 3. The number of nitrogens with two attached hydrogens (primary N) is 1. The summed E-state index contributed by atoms with van der Waals surface area (Å²) in [5.41, 5.74) is 7.32. The topological polar surface area (TPSA) is 77.5 Å². The van der Waals surface area contributed by atoms with Gasteiger partial charge in [-0.15, -0.1) is 12.4 Å². The van der Waals surface area contributed by atoms with Crippen LogP contribution in [0.25, 0.3) is 11.0 Å². The zero-order valence-corrected chi connectivity index (χ0v) is 16.1. The highest BCUT2D eigenvalue weighted by Gasteiger charge is 2.18. The van der Waals surface area contributed by atoms with Crippen molar-refractivity contribution in [1.29, 1.82) is 0 Å². The van der Waals surface area contributed by atoms with E-state index >= 15 is 0 Å². The number of aryl methyl sites for hydroxylation is 1. The summed E-state index contributed by atoms with van der Waals surface area (Å²) in [7, 11) is 1.65. The van der Waals surface area contributed by atoms with E-state index in [1.807, 2.05) is 32.0 Å². The molecule has 0 fully saturated rings. The Balaban J connectivity index is 0.00000312. The molecule has 25 heavy (non-hydrogen) atoms. The largest absolute Gasteiger partial charge is 0.497 e. The van der Waals surface area contributed by atoms with E-state index in [-0.39, 0.29) is 24.4 Å². The van der Waals surface area contributed by atoms with Crippen LogP contribution in [0, 0.1) is 6.92 Å². The van der Waals surface area contributed by atoms with E-state index in [0.29, 0.717) is 6.42 Å². The number of carbonyl (C=O) groups is 1. The Bertz CT molecular complexity index is 685. The average molecular weight is 369 g/mol. The molecule has 0 saturated heterocycles. The third-order valence-corrected chi connectivity index (χ3v) is 4.31. The lowest BCUT2D eigenvalue weighted by Crippen LogP contribution is -2.26. The minimum atomic E-state index is -0.153. The summed E-state index contributed by atoms with van der Waals surface area (Å²) in [6.45, 7) is 4.68. The first-order valence-corrected chi connectivity index (χ1v) is 8.63. The van der Waals surface area contributed by atoms with Gasteiger partial charge in [0, 0.05) is 17.4 Å². The molecule has 0 radical (unpaired) electrons. The van der Waals surface area contributed by atoms with Gasteiger partial charge >= 0.3 is 0 Å². The number of rotatable bonds is 9. The molecule has 1 heterocycles. The van der Waals surface area contributed by atoms with E-state index in [4.69, 9.17) is 14.9 Å². The molecule has 2 rings (SSSR count). The molecular weight excluding hydrogens is 340 g/mol. The molecule has 0 aliphatic heterocycles. The van der Waals surface area contributed by atoms with Crippen LogP contribution in [0.5, 0.6) is 5.75 Å². The van der Waals surface area contributed by atoms with Crippen molar-refractivity contribution in [2.45, 2.75) is 52.0 Å². The van der Waals surface area contributed by atoms with Gasteiger partial charge in [-0.2, -0.15) is 0 Å². The molecule has 2 aromatic rings. The van der Waals surface area contributed by atoms with Crippen molar-refractivity contribution in [3.8, 4) is 5.75 Å². The van der Waals surface area contributed by atoms with Gasteiger partial charge in [0.05, 0.1) is 13.2 Å². The van der Waals surface area contributed by atoms with Crippen LogP contribution in [0.4, 0.5) is 0 Å². The Labute approximate surface area is 155 Å². The molecule has 0 aliphatic carbocycles. The van der Waals surface area contributed by atoms with E-state index < -0.39 is 0 Å². The lowest BCUT2D eigenvalue weighted by Gasteiger charge is -2.12. The van der Waals surface area contributed by atoms with Gasteiger partial charge in [0.1, 0.15) is 17.1 Å². The minimum Gasteiger partial charge on any atom is -0.497 e. The Hall–Kier alpha value is -1.72. The van der Waals surface area contributed by atoms with Gasteiger partial charge in [-0.05, 0) is 51.4 Å². The number of fused-ring (bicyclic) bond motifs is 1. The summed E-state index contributed by atoms with van der Waals surface area (Å²) in [6.07, 6.45) is 4.60. The lowest BCUT2D eigenvalue weighted by molar-refractivity contribution is -0.122. The maximum atomic E-state index is 12.1. The summed E-state index contributed by atoms with van der Waals surface area (Å²) in [4.78, 5) is 12.1. The first kappa shape index (κ1) is 21.3. The van der Waals surface area contributed by atoms with Crippen LogP contribution < -0.4 is 15.8 Å². The molecule has 0 spiro atoms. The molecule has 5 nitrogen and oxygen atoms in total. The van der Waals surface area contributed by atoms with Crippen molar-refractivity contribution in [2.24, 2.45) is 5.73 Å². The predicted molar refractivity (Wildman–Crippen MR) is 103 cm³/mol. The highest BCUT2D eigenvalue weighted by atomic mass is 35.5. The molecule has 1 unspecified atom stereocenters. The van der Waals surface area contributed by atoms with E-state index in [1.165, 1.54) is 0 Å². The molecular formula is C19H29ClN2O3. The van der Waals surface area contributed by atoms with E-state index in [9.17, 15) is 4.79 Å². The second kappa shape index (κ2) is 10.3. The zero-order valence-electron chi connectivity index (χ0n) is 15.3. The second-order valence-electron chi connectivity index (χ2n) is 6.20. The number of nitrogens with one attached hydrogen (secondary N) is 1. The molecule has 1 aromatic carbocycles. The van der Waals surface area contributed by atoms with Crippen LogP contribution in [0.3, 0.4) is 0 Å². The number of methoxy groups -OCH3 is 1. The number of carbonyl (C=O) groups excluding carboxylic acids is 1. The predicted octanol–water partition coefficient (Wildman–Crippen LogP) is 4.26. The van der Waals surface area contributed by atoms with Crippen LogP contribution in [0.15, 0.2) is 22.6 Å². The van der Waals surface area contributed by atoms with Crippen molar-refractivity contribution >= 4 is 29.3 Å². The molecule has 1 amide bonds. The van der Waals surface area contributed by atoms with Crippen LogP contribution in [-0.2, 0) is 4.79 Å². The summed E-state index contributed by atoms with van der Waals surface area (Å²) in [5.74, 6) is 1.66. The van der Waals surface area contributed by atoms with Gasteiger partial charge < -0.3 is 20.2 Å². The Morgan fingerprint density at radius 2 is 2.00 bits per heavy atom. The minimum absolute atomic E-state index is 0. The average Bonchev–Trinajstić information content (AvgIpc) is 2.91. The molecule has 0 aliphatic rings. The van der Waals surface area contributed by atoms with Crippen molar-refractivity contribution < 1.29 is 13.9 Å². The van der Waals surface area contributed by atoms with E-state index in [2.05, 4.69) is 5.32 Å². The molecule has 3 N–H and O–H groups in total. The fraction of sp³-hybridized carbons (Fsp3) is 0.526. The molecule has 0 bridgehead atoms. The van der Waals surface area contributed by atoms with Crippen molar-refractivity contribution in [3.63, 3.8) is 0 Å². The van der Waals surface area contributed by atoms with Gasteiger partial charge in [0.15, 0.2) is 0 Å². The number of hydrogen-bond acceptors (Lipinski definition) is 4. The van der Waals surface area contributed by atoms with Gasteiger partial charge in [-0.3, -0.25) is 4.79 Å². The SMILES string of the molecule is COc1ccc2oc(C(C)NC(=O)CCCCCCN)c(C)c2c1.Cl. The van der Waals surface area contributed by atoms with Crippen LogP contribution in [-0.4, -0.2) is 19.6 Å². The number of amides is 1. The van der Waals surface area contributed by atoms with Crippen LogP contribution in [0.1, 0.15) is 56.4 Å². The number of hydrogen-bond donors (Lipinski definition) is 2. The fourth-order valence-electron chi connectivity index (χ4n) is 2.92. The fourth-order valence-corrected chi connectivity index (χ4v) is 2.92. The normalized spacial score (nSPS) is 11.8. The Morgan fingerprint density at radius 3 is 2.68 bits per heavy atom. The van der Waals surface area contributed by atoms with Gasteiger partial charge in [-0.25, -0.2) is 0 Å². The Morgan fingerprint density at radius 1 is 1.28 bits per heavy atom. The van der Waals surface area contributed by atoms with E-state index in [0.717, 1.165) is 60.3 Å². The Kier molecular flexibility index (Phi) is 8.79.